The van der Waals surface area contributed by atoms with Gasteiger partial charge in [0, 0.05) is 6.54 Å². The Morgan fingerprint density at radius 3 is 2.23 bits per heavy atom. The van der Waals surface area contributed by atoms with Crippen LogP contribution >= 0.6 is 0 Å². The summed E-state index contributed by atoms with van der Waals surface area (Å²) in [6.45, 7) is -0.00330. The second kappa shape index (κ2) is 8.18. The van der Waals surface area contributed by atoms with Gasteiger partial charge < -0.3 is 14.7 Å². The number of rotatable bonds is 4. The molecule has 1 aliphatic carbocycles. The Balaban J connectivity index is 1.81. The summed E-state index contributed by atoms with van der Waals surface area (Å²) in [6.07, 6.45) is 1.28. The zero-order valence-electron chi connectivity index (χ0n) is 16.8. The van der Waals surface area contributed by atoms with Crippen LogP contribution in [0.3, 0.4) is 0 Å². The number of methoxy groups -OCH3 is 1. The van der Waals surface area contributed by atoms with E-state index in [1.807, 2.05) is 48.5 Å². The fraction of sp³-hybridized carbons (Fsp3) is 0.348. The van der Waals surface area contributed by atoms with Crippen LogP contribution in [0.15, 0.2) is 48.5 Å². The summed E-state index contributed by atoms with van der Waals surface area (Å²) in [6, 6.07) is 14.4. The van der Waals surface area contributed by atoms with Crippen LogP contribution in [0.4, 0.5) is 4.79 Å². The molecule has 0 unspecified atom stereocenters. The van der Waals surface area contributed by atoms with Crippen molar-refractivity contribution in [2.24, 2.45) is 0 Å². The first kappa shape index (κ1) is 19.9. The number of carboxylic acid groups (broad SMARTS) is 1. The number of aliphatic carboxylic acids is 1. The largest absolute Gasteiger partial charge is 0.480 e. The van der Waals surface area contributed by atoms with E-state index in [4.69, 9.17) is 4.74 Å². The second-order valence-electron chi connectivity index (χ2n) is 7.62. The van der Waals surface area contributed by atoms with E-state index in [-0.39, 0.29) is 12.5 Å². The van der Waals surface area contributed by atoms with Gasteiger partial charge in [-0.05, 0) is 41.5 Å². The normalized spacial score (nSPS) is 18.4. The molecule has 7 heteroatoms. The number of hydrogen-bond acceptors (Lipinski definition) is 4. The van der Waals surface area contributed by atoms with Crippen molar-refractivity contribution in [2.75, 3.05) is 20.2 Å². The topological polar surface area (TPSA) is 87.2 Å². The molecule has 0 aromatic heterocycles. The molecule has 7 nitrogen and oxygen atoms in total. The van der Waals surface area contributed by atoms with Gasteiger partial charge in [-0.25, -0.2) is 4.79 Å². The van der Waals surface area contributed by atoms with E-state index in [0.717, 1.165) is 28.7 Å². The lowest BCUT2D eigenvalue weighted by molar-refractivity contribution is -0.146. The van der Waals surface area contributed by atoms with Gasteiger partial charge in [-0.3, -0.25) is 14.5 Å². The van der Waals surface area contributed by atoms with Crippen LogP contribution in [0.2, 0.25) is 0 Å². The van der Waals surface area contributed by atoms with Crippen molar-refractivity contribution in [3.8, 4) is 11.1 Å². The van der Waals surface area contributed by atoms with Gasteiger partial charge >= 0.3 is 12.1 Å². The molecular formula is C23H24N2O5. The van der Waals surface area contributed by atoms with Crippen LogP contribution < -0.4 is 0 Å². The Morgan fingerprint density at radius 2 is 1.67 bits per heavy atom. The van der Waals surface area contributed by atoms with Crippen molar-refractivity contribution in [3.05, 3.63) is 59.7 Å². The molecule has 4 rings (SSSR count). The molecule has 2 amide bonds. The molecule has 1 saturated heterocycles. The molecule has 0 radical (unpaired) electrons. The van der Waals surface area contributed by atoms with Gasteiger partial charge in [0.25, 0.3) is 0 Å². The van der Waals surface area contributed by atoms with Crippen molar-refractivity contribution >= 4 is 18.0 Å². The first-order valence-electron chi connectivity index (χ1n) is 10.1. The minimum atomic E-state index is -1.06. The van der Waals surface area contributed by atoms with Crippen LogP contribution in [-0.2, 0) is 14.3 Å². The molecule has 156 valence electrons. The summed E-state index contributed by atoms with van der Waals surface area (Å²) >= 11 is 0. The number of fused-ring (bicyclic) bond motifs is 3. The third kappa shape index (κ3) is 3.40. The highest BCUT2D eigenvalue weighted by Gasteiger charge is 2.43. The van der Waals surface area contributed by atoms with Gasteiger partial charge in [0.05, 0.1) is 13.2 Å². The average Bonchev–Trinajstić information content (AvgIpc) is 2.97. The number of carbonyl (C=O) groups excluding carboxylic acids is 2. The maximum absolute atomic E-state index is 13.3. The fourth-order valence-electron chi connectivity index (χ4n) is 4.61. The van der Waals surface area contributed by atoms with Crippen LogP contribution in [0.1, 0.15) is 36.4 Å². The van der Waals surface area contributed by atoms with Gasteiger partial charge in [-0.15, -0.1) is 0 Å². The van der Waals surface area contributed by atoms with Crippen molar-refractivity contribution in [1.29, 1.82) is 0 Å². The molecule has 2 aromatic rings. The summed E-state index contributed by atoms with van der Waals surface area (Å²) in [4.78, 5) is 40.5. The van der Waals surface area contributed by atoms with Crippen molar-refractivity contribution in [3.63, 3.8) is 0 Å². The molecular weight excluding hydrogens is 384 g/mol. The Morgan fingerprint density at radius 1 is 1.07 bits per heavy atom. The Hall–Kier alpha value is -3.35. The number of carbonyl (C=O) groups is 3. The number of benzene rings is 2. The summed E-state index contributed by atoms with van der Waals surface area (Å²) in [5.41, 5.74) is 3.92. The highest BCUT2D eigenvalue weighted by Crippen LogP contribution is 2.47. The lowest BCUT2D eigenvalue weighted by Gasteiger charge is -2.36. The average molecular weight is 408 g/mol. The van der Waals surface area contributed by atoms with Gasteiger partial charge in [-0.2, -0.15) is 0 Å². The monoisotopic (exact) mass is 408 g/mol. The van der Waals surface area contributed by atoms with Gasteiger partial charge in [0.1, 0.15) is 12.6 Å². The number of ether oxygens (including phenoxy) is 1. The predicted molar refractivity (Wildman–Crippen MR) is 110 cm³/mol. The van der Waals surface area contributed by atoms with E-state index >= 15 is 0 Å². The highest BCUT2D eigenvalue weighted by atomic mass is 16.5. The first-order chi connectivity index (χ1) is 14.5. The lowest BCUT2D eigenvalue weighted by Crippen LogP contribution is -2.52. The molecule has 0 spiro atoms. The van der Waals surface area contributed by atoms with Crippen molar-refractivity contribution < 1.29 is 24.2 Å². The van der Waals surface area contributed by atoms with Crippen LogP contribution in [0, 0.1) is 0 Å². The van der Waals surface area contributed by atoms with Crippen LogP contribution in [-0.4, -0.2) is 59.1 Å². The molecule has 2 aliphatic rings. The zero-order chi connectivity index (χ0) is 21.3. The molecule has 2 aromatic carbocycles. The van der Waals surface area contributed by atoms with E-state index in [9.17, 15) is 19.5 Å². The number of amides is 2. The molecule has 1 N–H and O–H groups in total. The minimum Gasteiger partial charge on any atom is -0.480 e. The number of likely N-dealkylation sites (tertiary alicyclic amines) is 1. The van der Waals surface area contributed by atoms with Crippen LogP contribution in [0.25, 0.3) is 11.1 Å². The van der Waals surface area contributed by atoms with Gasteiger partial charge in [-0.1, -0.05) is 48.5 Å². The Bertz CT molecular complexity index is 944. The van der Waals surface area contributed by atoms with Crippen LogP contribution in [0.5, 0.6) is 0 Å². The van der Waals surface area contributed by atoms with E-state index in [0.29, 0.717) is 19.4 Å². The maximum Gasteiger partial charge on any atom is 0.410 e. The standard InChI is InChI=1S/C23H24N2O5/c1-30-23(29)25(19-12-6-7-13-24(22(19)28)14-20(26)27)21-17-10-4-2-8-15(17)16-9-3-5-11-18(16)21/h2-5,8-11,19,21H,6-7,12-14H2,1H3,(H,26,27)/t19-/m0/s1. The van der Waals surface area contributed by atoms with Crippen molar-refractivity contribution in [2.45, 2.75) is 31.3 Å². The quantitative estimate of drug-likeness (QED) is 0.839. The zero-order valence-corrected chi connectivity index (χ0v) is 16.8. The van der Waals surface area contributed by atoms with Gasteiger partial charge in [0.2, 0.25) is 5.91 Å². The number of carboxylic acids is 1. The minimum absolute atomic E-state index is 0.345. The summed E-state index contributed by atoms with van der Waals surface area (Å²) < 4.78 is 5.11. The first-order valence-corrected chi connectivity index (χ1v) is 10.1. The number of hydrogen-bond donors (Lipinski definition) is 1. The highest BCUT2D eigenvalue weighted by molar-refractivity contribution is 5.90. The summed E-state index contributed by atoms with van der Waals surface area (Å²) in [5.74, 6) is -1.41. The van der Waals surface area contributed by atoms with Gasteiger partial charge in [0.15, 0.2) is 0 Å². The predicted octanol–water partition coefficient (Wildman–Crippen LogP) is 3.29. The third-order valence-corrected chi connectivity index (χ3v) is 5.88. The molecule has 1 aliphatic heterocycles. The van der Waals surface area contributed by atoms with E-state index in [2.05, 4.69) is 0 Å². The fourth-order valence-corrected chi connectivity index (χ4v) is 4.61. The smallest absolute Gasteiger partial charge is 0.410 e. The molecule has 1 fully saturated rings. The van der Waals surface area contributed by atoms with E-state index in [1.54, 1.807) is 0 Å². The molecule has 0 saturated carbocycles. The Labute approximate surface area is 174 Å². The second-order valence-corrected chi connectivity index (χ2v) is 7.62. The number of nitrogens with zero attached hydrogens (tertiary/aromatic N) is 2. The SMILES string of the molecule is COC(=O)N(C1c2ccccc2-c2ccccc21)[C@H]1CCCCN(CC(=O)O)C1=O. The van der Waals surface area contributed by atoms with Crippen molar-refractivity contribution in [1.82, 2.24) is 9.80 Å². The molecule has 30 heavy (non-hydrogen) atoms. The molecule has 1 atom stereocenters. The van der Waals surface area contributed by atoms with E-state index < -0.39 is 24.1 Å². The summed E-state index contributed by atoms with van der Waals surface area (Å²) in [5, 5.41) is 9.23. The lowest BCUT2D eigenvalue weighted by atomic mass is 9.99. The molecule has 0 bridgehead atoms. The summed E-state index contributed by atoms with van der Waals surface area (Å²) in [7, 11) is 1.30. The third-order valence-electron chi connectivity index (χ3n) is 5.88. The maximum atomic E-state index is 13.3. The van der Waals surface area contributed by atoms with E-state index in [1.165, 1.54) is 16.9 Å². The Kier molecular flexibility index (Phi) is 5.44. The molecule has 1 heterocycles.